The van der Waals surface area contributed by atoms with E-state index in [-0.39, 0.29) is 5.16 Å². The number of hydrogen-bond donors (Lipinski definition) is 2. The summed E-state index contributed by atoms with van der Waals surface area (Å²) in [6.07, 6.45) is 0. The van der Waals surface area contributed by atoms with E-state index in [1.54, 1.807) is 0 Å². The molecule has 0 bridgehead atoms. The first-order chi connectivity index (χ1) is 8.00. The number of nitrogen functional groups attached to an aromatic ring is 2. The standard InChI is InChI=1S/C14H17N2P/c1-14(17,10-2-6-12(15)7-3-10)11-4-8-13(16)9-5-11/h2-9H,15-17H2,1H3. The molecule has 1 atom stereocenters. The number of rotatable bonds is 2. The summed E-state index contributed by atoms with van der Waals surface area (Å²) in [6, 6.07) is 15.9. The van der Waals surface area contributed by atoms with Gasteiger partial charge in [0.05, 0.1) is 0 Å². The predicted octanol–water partition coefficient (Wildman–Crippen LogP) is 2.99. The predicted molar refractivity (Wildman–Crippen MR) is 77.9 cm³/mol. The molecule has 0 aliphatic rings. The van der Waals surface area contributed by atoms with Crippen molar-refractivity contribution in [1.82, 2.24) is 0 Å². The molecule has 2 nitrogen and oxygen atoms in total. The first-order valence-electron chi connectivity index (χ1n) is 5.51. The molecule has 3 heteroatoms. The van der Waals surface area contributed by atoms with E-state index < -0.39 is 0 Å². The second-order valence-electron chi connectivity index (χ2n) is 4.45. The van der Waals surface area contributed by atoms with E-state index in [2.05, 4.69) is 40.4 Å². The summed E-state index contributed by atoms with van der Waals surface area (Å²) < 4.78 is 0. The molecule has 2 rings (SSSR count). The van der Waals surface area contributed by atoms with Crippen molar-refractivity contribution in [3.63, 3.8) is 0 Å². The van der Waals surface area contributed by atoms with Crippen molar-refractivity contribution in [1.29, 1.82) is 0 Å². The van der Waals surface area contributed by atoms with Gasteiger partial charge in [0.2, 0.25) is 0 Å². The van der Waals surface area contributed by atoms with Gasteiger partial charge in [-0.1, -0.05) is 24.3 Å². The van der Waals surface area contributed by atoms with E-state index in [4.69, 9.17) is 11.5 Å². The maximum absolute atomic E-state index is 5.71. The maximum Gasteiger partial charge on any atom is 0.0316 e. The monoisotopic (exact) mass is 244 g/mol. The van der Waals surface area contributed by atoms with E-state index in [1.165, 1.54) is 11.1 Å². The van der Waals surface area contributed by atoms with Crippen molar-refractivity contribution in [3.05, 3.63) is 59.7 Å². The fourth-order valence-corrected chi connectivity index (χ4v) is 2.21. The van der Waals surface area contributed by atoms with Crippen molar-refractivity contribution < 1.29 is 0 Å². The van der Waals surface area contributed by atoms with Gasteiger partial charge in [-0.15, -0.1) is 9.24 Å². The largest absolute Gasteiger partial charge is 0.399 e. The Balaban J connectivity index is 2.41. The first-order valence-corrected chi connectivity index (χ1v) is 6.09. The average Bonchev–Trinajstić information content (AvgIpc) is 2.30. The summed E-state index contributed by atoms with van der Waals surface area (Å²) in [7, 11) is 2.90. The summed E-state index contributed by atoms with van der Waals surface area (Å²) in [4.78, 5) is 0. The molecule has 0 spiro atoms. The lowest BCUT2D eigenvalue weighted by atomic mass is 9.91. The summed E-state index contributed by atoms with van der Waals surface area (Å²) in [5.74, 6) is 0. The van der Waals surface area contributed by atoms with Crippen molar-refractivity contribution >= 4 is 20.6 Å². The maximum atomic E-state index is 5.71. The third kappa shape index (κ3) is 2.42. The minimum absolute atomic E-state index is 0.124. The third-order valence-corrected chi connectivity index (χ3v) is 3.69. The highest BCUT2D eigenvalue weighted by atomic mass is 31.0. The third-order valence-electron chi connectivity index (χ3n) is 3.02. The lowest BCUT2D eigenvalue weighted by molar-refractivity contribution is 0.840. The minimum atomic E-state index is -0.124. The molecular weight excluding hydrogens is 227 g/mol. The lowest BCUT2D eigenvalue weighted by Crippen LogP contribution is -2.14. The summed E-state index contributed by atoms with van der Waals surface area (Å²) in [5, 5.41) is -0.124. The summed E-state index contributed by atoms with van der Waals surface area (Å²) in [6.45, 7) is 2.16. The normalized spacial score (nSPS) is 11.4. The molecule has 0 saturated heterocycles. The van der Waals surface area contributed by atoms with Crippen LogP contribution in [0.4, 0.5) is 11.4 Å². The molecule has 0 heterocycles. The SMILES string of the molecule is CC(P)(c1ccc(N)cc1)c1ccc(N)cc1. The molecule has 2 aromatic carbocycles. The van der Waals surface area contributed by atoms with Crippen molar-refractivity contribution in [2.24, 2.45) is 0 Å². The molecule has 17 heavy (non-hydrogen) atoms. The molecule has 1 unspecified atom stereocenters. The van der Waals surface area contributed by atoms with E-state index in [0.717, 1.165) is 11.4 Å². The molecule has 0 amide bonds. The molecule has 0 aliphatic heterocycles. The quantitative estimate of drug-likeness (QED) is 0.630. The van der Waals surface area contributed by atoms with Gasteiger partial charge in [0.15, 0.2) is 0 Å². The van der Waals surface area contributed by atoms with Crippen LogP contribution in [-0.2, 0) is 5.16 Å². The highest BCUT2D eigenvalue weighted by Gasteiger charge is 2.22. The van der Waals surface area contributed by atoms with Crippen LogP contribution in [0.25, 0.3) is 0 Å². The van der Waals surface area contributed by atoms with Crippen LogP contribution in [0.2, 0.25) is 0 Å². The lowest BCUT2D eigenvalue weighted by Gasteiger charge is -2.26. The molecule has 88 valence electrons. The number of anilines is 2. The van der Waals surface area contributed by atoms with Gasteiger partial charge >= 0.3 is 0 Å². The molecule has 0 radical (unpaired) electrons. The van der Waals surface area contributed by atoms with Crippen LogP contribution in [0.5, 0.6) is 0 Å². The fraction of sp³-hybridized carbons (Fsp3) is 0.143. The summed E-state index contributed by atoms with van der Waals surface area (Å²) in [5.41, 5.74) is 15.4. The number of nitrogens with two attached hydrogens (primary N) is 2. The molecule has 2 aromatic rings. The van der Waals surface area contributed by atoms with Crippen molar-refractivity contribution in [2.75, 3.05) is 11.5 Å². The Hall–Kier alpha value is -1.53. The molecule has 0 aromatic heterocycles. The Labute approximate surface area is 104 Å². The van der Waals surface area contributed by atoms with Crippen LogP contribution < -0.4 is 11.5 Å². The molecule has 4 N–H and O–H groups in total. The average molecular weight is 244 g/mol. The fourth-order valence-electron chi connectivity index (χ4n) is 1.83. The van der Waals surface area contributed by atoms with Crippen molar-refractivity contribution in [3.8, 4) is 0 Å². The Bertz CT molecular complexity index is 453. The van der Waals surface area contributed by atoms with Gasteiger partial charge in [-0.3, -0.25) is 0 Å². The van der Waals surface area contributed by atoms with Gasteiger partial charge in [-0.25, -0.2) is 0 Å². The topological polar surface area (TPSA) is 52.0 Å². The molecule has 0 fully saturated rings. The van der Waals surface area contributed by atoms with Gasteiger partial charge in [-0.2, -0.15) is 0 Å². The molecule has 0 saturated carbocycles. The Kier molecular flexibility index (Phi) is 3.08. The minimum Gasteiger partial charge on any atom is -0.399 e. The van der Waals surface area contributed by atoms with E-state index >= 15 is 0 Å². The zero-order valence-electron chi connectivity index (χ0n) is 9.85. The van der Waals surface area contributed by atoms with Crippen LogP contribution in [0, 0.1) is 0 Å². The van der Waals surface area contributed by atoms with E-state index in [9.17, 15) is 0 Å². The van der Waals surface area contributed by atoms with Gasteiger partial charge < -0.3 is 11.5 Å². The van der Waals surface area contributed by atoms with Crippen LogP contribution in [0.3, 0.4) is 0 Å². The second-order valence-corrected chi connectivity index (χ2v) is 5.60. The molecular formula is C14H17N2P. The van der Waals surface area contributed by atoms with Crippen LogP contribution >= 0.6 is 9.24 Å². The van der Waals surface area contributed by atoms with Crippen LogP contribution in [0.15, 0.2) is 48.5 Å². The Morgan fingerprint density at radius 3 is 1.35 bits per heavy atom. The van der Waals surface area contributed by atoms with E-state index in [1.807, 2.05) is 24.3 Å². The summed E-state index contributed by atoms with van der Waals surface area (Å²) >= 11 is 0. The van der Waals surface area contributed by atoms with Gasteiger partial charge in [0.25, 0.3) is 0 Å². The number of hydrogen-bond acceptors (Lipinski definition) is 2. The van der Waals surface area contributed by atoms with Gasteiger partial charge in [0, 0.05) is 16.5 Å². The molecule has 0 aliphatic carbocycles. The second kappa shape index (κ2) is 4.38. The van der Waals surface area contributed by atoms with Crippen LogP contribution in [-0.4, -0.2) is 0 Å². The van der Waals surface area contributed by atoms with Gasteiger partial charge in [-0.05, 0) is 42.3 Å². The Morgan fingerprint density at radius 1 is 0.765 bits per heavy atom. The zero-order valence-corrected chi connectivity index (χ0v) is 11.0. The van der Waals surface area contributed by atoms with Gasteiger partial charge in [0.1, 0.15) is 0 Å². The Morgan fingerprint density at radius 2 is 1.06 bits per heavy atom. The van der Waals surface area contributed by atoms with E-state index in [0.29, 0.717) is 0 Å². The number of benzene rings is 2. The first kappa shape index (κ1) is 11.9. The smallest absolute Gasteiger partial charge is 0.0316 e. The highest BCUT2D eigenvalue weighted by Crippen LogP contribution is 2.38. The van der Waals surface area contributed by atoms with Crippen molar-refractivity contribution in [2.45, 2.75) is 12.1 Å². The zero-order chi connectivity index (χ0) is 12.5. The highest BCUT2D eigenvalue weighted by molar-refractivity contribution is 7.18. The van der Waals surface area contributed by atoms with Crippen LogP contribution in [0.1, 0.15) is 18.1 Å².